The Labute approximate surface area is 43.3 Å². The molecule has 34 valence electrons. The minimum Gasteiger partial charge on any atom is -0.318 e. The van der Waals surface area contributed by atoms with Gasteiger partial charge in [-0.05, 0) is 20.8 Å². The molecule has 0 saturated carbocycles. The van der Waals surface area contributed by atoms with Crippen LogP contribution in [-0.4, -0.2) is 0 Å². The van der Waals surface area contributed by atoms with E-state index >= 15 is 0 Å². The maximum absolute atomic E-state index is 4.77. The van der Waals surface area contributed by atoms with Crippen LogP contribution in [0.25, 0.3) is 0 Å². The minimum absolute atomic E-state index is 0.131. The summed E-state index contributed by atoms with van der Waals surface area (Å²) in [4.78, 5) is 2.80. The Bertz CT molecular complexity index is 97.7. The molecule has 0 amide bonds. The largest absolute Gasteiger partial charge is 0.318 e. The van der Waals surface area contributed by atoms with Gasteiger partial charge in [-0.25, -0.2) is 0 Å². The number of hydrogen-bond donors (Lipinski definition) is 2. The molecule has 0 fully saturated rings. The van der Waals surface area contributed by atoms with Crippen LogP contribution in [0.2, 0.25) is 0 Å². The second-order valence-corrected chi connectivity index (χ2v) is 3.00. The first-order valence-corrected chi connectivity index (χ1v) is 3.69. The zero-order chi connectivity index (χ0) is 4.41. The van der Waals surface area contributed by atoms with Gasteiger partial charge in [0.15, 0.2) is 0 Å². The summed E-state index contributed by atoms with van der Waals surface area (Å²) in [5.74, 6) is 0. The third-order valence-electron chi connectivity index (χ3n) is 0.434. The van der Waals surface area contributed by atoms with Gasteiger partial charge in [0.05, 0.1) is 0 Å². The fourth-order valence-corrected chi connectivity index (χ4v) is 0.977. The lowest BCUT2D eigenvalue weighted by Crippen LogP contribution is -2.19. The van der Waals surface area contributed by atoms with Crippen LogP contribution in [0.5, 0.6) is 0 Å². The van der Waals surface area contributed by atoms with Gasteiger partial charge in [-0.3, -0.25) is 0 Å². The highest BCUT2D eigenvalue weighted by atomic mass is 32.8. The summed E-state index contributed by atoms with van der Waals surface area (Å²) >= 11 is 4.77. The Hall–Kier alpha value is 0.0700. The molecule has 0 bridgehead atoms. The van der Waals surface area contributed by atoms with Crippen molar-refractivity contribution in [1.82, 2.24) is 10.3 Å². The lowest BCUT2D eigenvalue weighted by Gasteiger charge is -1.87. The van der Waals surface area contributed by atoms with Crippen molar-refractivity contribution in [3.8, 4) is 0 Å². The van der Waals surface area contributed by atoms with Gasteiger partial charge in [0.1, 0.15) is 0 Å². The average Bonchev–Trinajstić information content (AvgIpc) is 1.86. The second kappa shape index (κ2) is 1.68. The van der Waals surface area contributed by atoms with E-state index in [0.717, 1.165) is 0 Å². The Morgan fingerprint density at radius 1 is 1.67 bits per heavy atom. The van der Waals surface area contributed by atoms with E-state index in [0.29, 0.717) is 0 Å². The molecule has 6 heavy (non-hydrogen) atoms. The van der Waals surface area contributed by atoms with E-state index in [1.807, 2.05) is 5.41 Å². The first-order valence-electron chi connectivity index (χ1n) is 1.48. The highest BCUT2D eigenvalue weighted by Crippen LogP contribution is 1.80. The Kier molecular flexibility index (Phi) is 1.19. The molecule has 1 rings (SSSR count). The van der Waals surface area contributed by atoms with Crippen LogP contribution in [0.3, 0.4) is 0 Å². The van der Waals surface area contributed by atoms with E-state index in [1.165, 1.54) is 0 Å². The van der Waals surface area contributed by atoms with Crippen molar-refractivity contribution in [2.24, 2.45) is 0 Å². The fraction of sp³-hybridized carbons (Fsp3) is 0. The van der Waals surface area contributed by atoms with Gasteiger partial charge < -0.3 is 5.43 Å². The number of nitrogens with one attached hydrogen (secondary N) is 2. The van der Waals surface area contributed by atoms with Gasteiger partial charge in [0.2, 0.25) is 0 Å². The monoisotopic (exact) mass is 120 g/mol. The molecule has 1 unspecified atom stereocenters. The van der Waals surface area contributed by atoms with Crippen molar-refractivity contribution in [2.75, 3.05) is 0 Å². The van der Waals surface area contributed by atoms with Crippen molar-refractivity contribution in [3.63, 3.8) is 0 Å². The predicted molar refractivity (Wildman–Crippen MR) is 30.1 cm³/mol. The molecule has 0 aliphatic carbocycles. The van der Waals surface area contributed by atoms with Crippen molar-refractivity contribution in [2.45, 2.75) is 0 Å². The molecular formula is C2H4N2S2. The van der Waals surface area contributed by atoms with Gasteiger partial charge in [-0.15, -0.1) is 0 Å². The van der Waals surface area contributed by atoms with E-state index in [9.17, 15) is 0 Å². The van der Waals surface area contributed by atoms with Gasteiger partial charge >= 0.3 is 0 Å². The fourth-order valence-electron chi connectivity index (χ4n) is 0.222. The standard InChI is InChI=1S/C2H4N2S2/c5-6-2-1-3-4-6/h1-4H. The van der Waals surface area contributed by atoms with Gasteiger partial charge in [0, 0.05) is 11.6 Å². The van der Waals surface area contributed by atoms with Gasteiger partial charge in [-0.1, -0.05) is 0 Å². The molecule has 2 nitrogen and oxygen atoms in total. The molecular weight excluding hydrogens is 116 g/mol. The summed E-state index contributed by atoms with van der Waals surface area (Å²) in [5, 5.41) is 1.90. The molecule has 1 heterocycles. The molecule has 1 atom stereocenters. The summed E-state index contributed by atoms with van der Waals surface area (Å²) < 4.78 is 0. The lowest BCUT2D eigenvalue weighted by molar-refractivity contribution is 0.894. The van der Waals surface area contributed by atoms with Crippen LogP contribution in [0.4, 0.5) is 0 Å². The van der Waals surface area contributed by atoms with E-state index in [-0.39, 0.29) is 9.64 Å². The van der Waals surface area contributed by atoms with Crippen molar-refractivity contribution in [3.05, 3.63) is 11.6 Å². The zero-order valence-corrected chi connectivity index (χ0v) is 4.60. The first kappa shape index (κ1) is 4.23. The van der Waals surface area contributed by atoms with Crippen LogP contribution in [0, 0.1) is 0 Å². The van der Waals surface area contributed by atoms with Crippen molar-refractivity contribution < 1.29 is 0 Å². The van der Waals surface area contributed by atoms with E-state index < -0.39 is 0 Å². The van der Waals surface area contributed by atoms with E-state index in [4.69, 9.17) is 11.2 Å². The van der Waals surface area contributed by atoms with Crippen LogP contribution >= 0.6 is 0 Å². The van der Waals surface area contributed by atoms with E-state index in [1.54, 1.807) is 6.20 Å². The molecule has 2 N–H and O–H groups in total. The van der Waals surface area contributed by atoms with E-state index in [2.05, 4.69) is 10.3 Å². The van der Waals surface area contributed by atoms with Crippen molar-refractivity contribution in [1.29, 1.82) is 0 Å². The van der Waals surface area contributed by atoms with Crippen LogP contribution in [0.15, 0.2) is 11.6 Å². The highest BCUT2D eigenvalue weighted by molar-refractivity contribution is 8.29. The molecule has 4 heteroatoms. The van der Waals surface area contributed by atoms with Crippen LogP contribution in [0.1, 0.15) is 0 Å². The van der Waals surface area contributed by atoms with Crippen molar-refractivity contribution >= 4 is 20.8 Å². The SMILES string of the molecule is S=S1C=CNN1. The quantitative estimate of drug-likeness (QED) is 0.453. The molecule has 0 aromatic rings. The third kappa shape index (κ3) is 0.767. The summed E-state index contributed by atoms with van der Waals surface area (Å²) in [6, 6.07) is 0. The Morgan fingerprint density at radius 3 is 2.67 bits per heavy atom. The third-order valence-corrected chi connectivity index (χ3v) is 1.72. The summed E-state index contributed by atoms with van der Waals surface area (Å²) in [5.41, 5.74) is 2.75. The average molecular weight is 120 g/mol. The lowest BCUT2D eigenvalue weighted by atomic mass is 11.1. The Morgan fingerprint density at radius 2 is 2.50 bits per heavy atom. The first-order chi connectivity index (χ1) is 2.89. The smallest absolute Gasteiger partial charge is 0.0214 e. The molecule has 0 radical (unpaired) electrons. The molecule has 0 aromatic carbocycles. The highest BCUT2D eigenvalue weighted by Gasteiger charge is 1.87. The molecule has 1 aliphatic heterocycles. The molecule has 0 spiro atoms. The van der Waals surface area contributed by atoms with Gasteiger partial charge in [0.25, 0.3) is 0 Å². The predicted octanol–water partition coefficient (Wildman–Crippen LogP) is -0.439. The molecule has 0 aromatic heterocycles. The summed E-state index contributed by atoms with van der Waals surface area (Å²) in [7, 11) is -0.131. The number of rotatable bonds is 0. The molecule has 1 aliphatic rings. The minimum atomic E-state index is -0.131. The Balaban J connectivity index is 2.59. The number of hydrogen-bond acceptors (Lipinski definition) is 2. The van der Waals surface area contributed by atoms with Crippen LogP contribution < -0.4 is 10.3 Å². The molecule has 0 saturated heterocycles. The maximum Gasteiger partial charge on any atom is 0.0214 e. The normalized spacial score (nSPS) is 30.3. The zero-order valence-electron chi connectivity index (χ0n) is 2.97. The van der Waals surface area contributed by atoms with Gasteiger partial charge in [-0.2, -0.15) is 4.83 Å². The van der Waals surface area contributed by atoms with Crippen LogP contribution in [-0.2, 0) is 20.8 Å². The summed E-state index contributed by atoms with van der Waals surface area (Å²) in [6.45, 7) is 0. The number of hydrazine groups is 1. The second-order valence-electron chi connectivity index (χ2n) is 0.847. The maximum atomic E-state index is 4.77. The topological polar surface area (TPSA) is 24.1 Å². The summed E-state index contributed by atoms with van der Waals surface area (Å²) in [6.07, 6.45) is 1.80.